The van der Waals surface area contributed by atoms with E-state index >= 15 is 0 Å². The van der Waals surface area contributed by atoms with E-state index in [0.29, 0.717) is 11.5 Å². The topological polar surface area (TPSA) is 109 Å². The Hall–Kier alpha value is -3.00. The highest BCUT2D eigenvalue weighted by Crippen LogP contribution is 2.26. The summed E-state index contributed by atoms with van der Waals surface area (Å²) in [5.74, 6) is 0.239. The van der Waals surface area contributed by atoms with Gasteiger partial charge in [-0.1, -0.05) is 60.2 Å². The van der Waals surface area contributed by atoms with Crippen molar-refractivity contribution in [3.63, 3.8) is 0 Å². The second kappa shape index (κ2) is 9.21. The Labute approximate surface area is 176 Å². The first-order valence-electron chi connectivity index (χ1n) is 9.50. The lowest BCUT2D eigenvalue weighted by Gasteiger charge is -2.27. The SMILES string of the molecule is Cc1ccc(S(=O)(=O)O)cc1.NC(=O)c1ccccc1-c1ccc(C2CNC2)cc1. The van der Waals surface area contributed by atoms with Crippen LogP contribution in [-0.2, 0) is 10.1 Å². The van der Waals surface area contributed by atoms with Crippen LogP contribution in [0.2, 0.25) is 0 Å². The van der Waals surface area contributed by atoms with Gasteiger partial charge in [0.1, 0.15) is 0 Å². The zero-order valence-corrected chi connectivity index (χ0v) is 17.4. The summed E-state index contributed by atoms with van der Waals surface area (Å²) < 4.78 is 29.6. The van der Waals surface area contributed by atoms with Crippen LogP contribution in [0.15, 0.2) is 77.7 Å². The van der Waals surface area contributed by atoms with Crippen molar-refractivity contribution in [2.45, 2.75) is 17.7 Å². The van der Waals surface area contributed by atoms with Gasteiger partial charge < -0.3 is 11.1 Å². The Kier molecular flexibility index (Phi) is 6.66. The summed E-state index contributed by atoms with van der Waals surface area (Å²) in [6, 6.07) is 21.8. The Morgan fingerprint density at radius 3 is 2.07 bits per heavy atom. The molecule has 30 heavy (non-hydrogen) atoms. The van der Waals surface area contributed by atoms with Crippen LogP contribution in [-0.4, -0.2) is 32.0 Å². The molecule has 0 bridgehead atoms. The first-order chi connectivity index (χ1) is 14.3. The molecule has 3 aromatic carbocycles. The Balaban J connectivity index is 0.000000199. The largest absolute Gasteiger partial charge is 0.366 e. The average Bonchev–Trinajstić information content (AvgIpc) is 2.67. The zero-order chi connectivity index (χ0) is 21.7. The summed E-state index contributed by atoms with van der Waals surface area (Å²) in [5, 5.41) is 3.27. The minimum Gasteiger partial charge on any atom is -0.366 e. The van der Waals surface area contributed by atoms with E-state index in [1.807, 2.05) is 25.1 Å². The van der Waals surface area contributed by atoms with Crippen LogP contribution in [0.4, 0.5) is 0 Å². The van der Waals surface area contributed by atoms with E-state index in [1.165, 1.54) is 17.7 Å². The molecule has 0 atom stereocenters. The molecule has 0 saturated carbocycles. The molecule has 0 spiro atoms. The van der Waals surface area contributed by atoms with Gasteiger partial charge in [0.05, 0.1) is 4.90 Å². The fraction of sp³-hybridized carbons (Fsp3) is 0.174. The minimum absolute atomic E-state index is 0.0666. The monoisotopic (exact) mass is 424 g/mol. The fourth-order valence-electron chi connectivity index (χ4n) is 3.12. The van der Waals surface area contributed by atoms with E-state index in [1.54, 1.807) is 18.2 Å². The van der Waals surface area contributed by atoms with Gasteiger partial charge in [0.25, 0.3) is 10.1 Å². The molecule has 7 heteroatoms. The molecular formula is C23H24N2O4S. The van der Waals surface area contributed by atoms with Crippen molar-refractivity contribution < 1.29 is 17.8 Å². The van der Waals surface area contributed by atoms with E-state index in [4.69, 9.17) is 10.3 Å². The lowest BCUT2D eigenvalue weighted by molar-refractivity contribution is 0.100. The van der Waals surface area contributed by atoms with Crippen molar-refractivity contribution in [2.75, 3.05) is 13.1 Å². The number of carbonyl (C=O) groups is 1. The predicted octanol–water partition coefficient (Wildman–Crippen LogP) is 3.38. The Morgan fingerprint density at radius 2 is 1.57 bits per heavy atom. The van der Waals surface area contributed by atoms with Gasteiger partial charge >= 0.3 is 0 Å². The Bertz CT molecular complexity index is 1120. The average molecular weight is 425 g/mol. The van der Waals surface area contributed by atoms with Crippen LogP contribution in [0.25, 0.3) is 11.1 Å². The number of nitrogens with one attached hydrogen (secondary N) is 1. The van der Waals surface area contributed by atoms with Crippen molar-refractivity contribution in [3.8, 4) is 11.1 Å². The van der Waals surface area contributed by atoms with E-state index in [9.17, 15) is 13.2 Å². The second-order valence-corrected chi connectivity index (χ2v) is 8.60. The molecular weight excluding hydrogens is 400 g/mol. The highest BCUT2D eigenvalue weighted by Gasteiger charge is 2.18. The van der Waals surface area contributed by atoms with Crippen molar-refractivity contribution >= 4 is 16.0 Å². The van der Waals surface area contributed by atoms with Gasteiger partial charge in [-0.2, -0.15) is 8.42 Å². The zero-order valence-electron chi connectivity index (χ0n) is 16.6. The van der Waals surface area contributed by atoms with Crippen molar-refractivity contribution in [1.82, 2.24) is 5.32 Å². The van der Waals surface area contributed by atoms with Gasteiger partial charge in [0.15, 0.2) is 0 Å². The highest BCUT2D eigenvalue weighted by molar-refractivity contribution is 7.85. The van der Waals surface area contributed by atoms with Gasteiger partial charge in [0.2, 0.25) is 5.91 Å². The third-order valence-electron chi connectivity index (χ3n) is 4.99. The number of hydrogen-bond acceptors (Lipinski definition) is 4. The molecule has 1 saturated heterocycles. The third kappa shape index (κ3) is 5.33. The van der Waals surface area contributed by atoms with E-state index in [2.05, 4.69) is 29.6 Å². The number of aryl methyl sites for hydroxylation is 1. The molecule has 0 aromatic heterocycles. The lowest BCUT2D eigenvalue weighted by Crippen LogP contribution is -2.39. The molecule has 4 N–H and O–H groups in total. The number of primary amides is 1. The van der Waals surface area contributed by atoms with Gasteiger partial charge in [-0.15, -0.1) is 0 Å². The number of benzene rings is 3. The molecule has 0 radical (unpaired) electrons. The van der Waals surface area contributed by atoms with Crippen molar-refractivity contribution in [3.05, 3.63) is 89.5 Å². The molecule has 0 unspecified atom stereocenters. The fourth-order valence-corrected chi connectivity index (χ4v) is 3.60. The Morgan fingerprint density at radius 1 is 0.967 bits per heavy atom. The smallest absolute Gasteiger partial charge is 0.294 e. The molecule has 1 amide bonds. The molecule has 4 rings (SSSR count). The quantitative estimate of drug-likeness (QED) is 0.556. The number of amides is 1. The van der Waals surface area contributed by atoms with Crippen LogP contribution in [0.3, 0.4) is 0 Å². The van der Waals surface area contributed by atoms with Crippen molar-refractivity contribution in [2.24, 2.45) is 5.73 Å². The number of hydrogen-bond donors (Lipinski definition) is 3. The predicted molar refractivity (Wildman–Crippen MR) is 117 cm³/mol. The lowest BCUT2D eigenvalue weighted by atomic mass is 9.91. The molecule has 0 aliphatic carbocycles. The van der Waals surface area contributed by atoms with Gasteiger partial charge in [-0.25, -0.2) is 0 Å². The van der Waals surface area contributed by atoms with E-state index in [0.717, 1.165) is 29.8 Å². The maximum Gasteiger partial charge on any atom is 0.294 e. The van der Waals surface area contributed by atoms with Crippen LogP contribution >= 0.6 is 0 Å². The molecule has 1 heterocycles. The van der Waals surface area contributed by atoms with Crippen molar-refractivity contribution in [1.29, 1.82) is 0 Å². The first-order valence-corrected chi connectivity index (χ1v) is 10.9. The second-order valence-electron chi connectivity index (χ2n) is 7.18. The maximum atomic E-state index is 11.4. The summed E-state index contributed by atoms with van der Waals surface area (Å²) in [6.45, 7) is 3.95. The first kappa shape index (κ1) is 21.7. The molecule has 1 aliphatic rings. The van der Waals surface area contributed by atoms with Gasteiger partial charge in [0, 0.05) is 24.6 Å². The minimum atomic E-state index is -4.02. The molecule has 6 nitrogen and oxygen atoms in total. The number of nitrogens with two attached hydrogens (primary N) is 1. The maximum absolute atomic E-state index is 11.4. The number of rotatable bonds is 4. The molecule has 3 aromatic rings. The summed E-state index contributed by atoms with van der Waals surface area (Å²) in [4.78, 5) is 11.4. The normalized spacial score (nSPS) is 13.7. The number of carbonyl (C=O) groups excluding carboxylic acids is 1. The standard InChI is InChI=1S/C16H16N2O.C7H8O3S/c17-16(19)15-4-2-1-3-14(15)12-7-5-11(6-8-12)13-9-18-10-13;1-6-2-4-7(5-3-6)11(8,9)10/h1-8,13,18H,9-10H2,(H2,17,19);2-5H,1H3,(H,8,9,10). The summed E-state index contributed by atoms with van der Waals surface area (Å²) in [7, 11) is -4.02. The highest BCUT2D eigenvalue weighted by atomic mass is 32.2. The van der Waals surface area contributed by atoms with Crippen LogP contribution in [0.5, 0.6) is 0 Å². The van der Waals surface area contributed by atoms with E-state index < -0.39 is 10.1 Å². The molecule has 1 aliphatic heterocycles. The summed E-state index contributed by atoms with van der Waals surface area (Å²) >= 11 is 0. The third-order valence-corrected chi connectivity index (χ3v) is 5.85. The van der Waals surface area contributed by atoms with Crippen LogP contribution in [0.1, 0.15) is 27.4 Å². The molecule has 1 fully saturated rings. The van der Waals surface area contributed by atoms with Crippen LogP contribution in [0, 0.1) is 6.92 Å². The van der Waals surface area contributed by atoms with Crippen LogP contribution < -0.4 is 11.1 Å². The molecule has 156 valence electrons. The van der Waals surface area contributed by atoms with Gasteiger partial charge in [-0.3, -0.25) is 9.35 Å². The summed E-state index contributed by atoms with van der Waals surface area (Å²) in [5.41, 5.74) is 10.2. The van der Waals surface area contributed by atoms with Gasteiger partial charge in [-0.05, 0) is 41.8 Å². The van der Waals surface area contributed by atoms with E-state index in [-0.39, 0.29) is 10.8 Å². The summed E-state index contributed by atoms with van der Waals surface area (Å²) in [6.07, 6.45) is 0.